The highest BCUT2D eigenvalue weighted by Crippen LogP contribution is 2.36. The third-order valence-electron chi connectivity index (χ3n) is 3.72. The van der Waals surface area contributed by atoms with Gasteiger partial charge in [-0.05, 0) is 25.1 Å². The lowest BCUT2D eigenvalue weighted by Gasteiger charge is -2.33. The minimum Gasteiger partial charge on any atom is -0.335 e. The van der Waals surface area contributed by atoms with Crippen molar-refractivity contribution in [3.05, 3.63) is 36.6 Å². The Hall–Kier alpha value is -0.640. The molecule has 0 aliphatic carbocycles. The Morgan fingerprint density at radius 1 is 1.12 bits per heavy atom. The van der Waals surface area contributed by atoms with Crippen LogP contribution in [0, 0.1) is 6.92 Å². The molecule has 1 saturated heterocycles. The summed E-state index contributed by atoms with van der Waals surface area (Å²) in [5, 5.41) is 0. The van der Waals surface area contributed by atoms with E-state index in [0.29, 0.717) is 22.3 Å². The molecule has 5 nitrogen and oxygen atoms in total. The van der Waals surface area contributed by atoms with Crippen LogP contribution in [0.1, 0.15) is 14.5 Å². The van der Waals surface area contributed by atoms with E-state index in [1.807, 2.05) is 13.0 Å². The van der Waals surface area contributed by atoms with Crippen molar-refractivity contribution in [2.75, 3.05) is 26.2 Å². The van der Waals surface area contributed by atoms with Crippen molar-refractivity contribution in [1.82, 2.24) is 9.21 Å². The maximum absolute atomic E-state index is 12.7. The van der Waals surface area contributed by atoms with Crippen molar-refractivity contribution in [2.24, 2.45) is 0 Å². The van der Waals surface area contributed by atoms with Crippen LogP contribution in [0.25, 0.3) is 0 Å². The van der Waals surface area contributed by atoms with Crippen LogP contribution in [0.3, 0.4) is 0 Å². The summed E-state index contributed by atoms with van der Waals surface area (Å²) in [4.78, 5) is 15.9. The maximum Gasteiger partial charge on any atom is 0.264 e. The number of thiophene rings is 2. The molecular formula is C14H14Cl2N2O3S3. The fraction of sp³-hybridized carbons (Fsp3) is 0.357. The molecule has 0 bridgehead atoms. The van der Waals surface area contributed by atoms with E-state index < -0.39 is 10.0 Å². The number of hydrogen-bond donors (Lipinski definition) is 0. The normalized spacial score (nSPS) is 16.5. The summed E-state index contributed by atoms with van der Waals surface area (Å²) in [6.07, 6.45) is 0. The number of carbonyl (C=O) groups is 1. The van der Waals surface area contributed by atoms with Gasteiger partial charge in [0.05, 0.1) is 9.21 Å². The first-order chi connectivity index (χ1) is 11.3. The van der Waals surface area contributed by atoms with E-state index in [9.17, 15) is 13.2 Å². The van der Waals surface area contributed by atoms with Gasteiger partial charge < -0.3 is 4.90 Å². The number of aryl methyl sites for hydroxylation is 1. The Kier molecular flexibility index (Phi) is 5.25. The molecule has 3 rings (SSSR count). The summed E-state index contributed by atoms with van der Waals surface area (Å²) in [5.41, 5.74) is 0. The van der Waals surface area contributed by atoms with Crippen molar-refractivity contribution in [3.8, 4) is 0 Å². The quantitative estimate of drug-likeness (QED) is 0.756. The summed E-state index contributed by atoms with van der Waals surface area (Å²) in [7, 11) is -3.69. The predicted octanol–water partition coefficient (Wildman–Crippen LogP) is 3.57. The molecule has 10 heteroatoms. The molecule has 3 heterocycles. The van der Waals surface area contributed by atoms with Gasteiger partial charge in [0.25, 0.3) is 5.91 Å². The van der Waals surface area contributed by atoms with E-state index >= 15 is 0 Å². The second-order valence-electron chi connectivity index (χ2n) is 5.30. The Morgan fingerprint density at radius 2 is 1.79 bits per heavy atom. The van der Waals surface area contributed by atoms with Crippen molar-refractivity contribution in [3.63, 3.8) is 0 Å². The molecule has 1 amide bonds. The highest BCUT2D eigenvalue weighted by atomic mass is 35.5. The summed E-state index contributed by atoms with van der Waals surface area (Å²) in [5.74, 6) is -0.0539. The van der Waals surface area contributed by atoms with Crippen LogP contribution in [0.15, 0.2) is 23.1 Å². The zero-order chi connectivity index (χ0) is 17.5. The van der Waals surface area contributed by atoms with Gasteiger partial charge in [-0.3, -0.25) is 4.79 Å². The molecule has 1 aliphatic heterocycles. The number of amides is 1. The first-order valence-electron chi connectivity index (χ1n) is 7.10. The van der Waals surface area contributed by atoms with Crippen LogP contribution in [0.4, 0.5) is 0 Å². The second-order valence-corrected chi connectivity index (χ2v) is 10.8. The molecule has 1 aliphatic rings. The summed E-state index contributed by atoms with van der Waals surface area (Å²) >= 11 is 14.3. The molecule has 2 aromatic heterocycles. The fourth-order valence-electron chi connectivity index (χ4n) is 2.48. The van der Waals surface area contributed by atoms with Gasteiger partial charge in [-0.15, -0.1) is 22.7 Å². The molecule has 0 radical (unpaired) electrons. The predicted molar refractivity (Wildman–Crippen MR) is 98.1 cm³/mol. The van der Waals surface area contributed by atoms with Crippen molar-refractivity contribution >= 4 is 61.8 Å². The number of hydrogen-bond acceptors (Lipinski definition) is 5. The highest BCUT2D eigenvalue weighted by molar-refractivity contribution is 7.89. The maximum atomic E-state index is 12.7. The molecule has 2 aromatic rings. The fourth-order valence-corrected chi connectivity index (χ4v) is 6.85. The monoisotopic (exact) mass is 424 g/mol. The van der Waals surface area contributed by atoms with Crippen molar-refractivity contribution in [2.45, 2.75) is 11.8 Å². The van der Waals surface area contributed by atoms with Crippen LogP contribution < -0.4 is 0 Å². The van der Waals surface area contributed by atoms with Crippen LogP contribution in [0.5, 0.6) is 0 Å². The van der Waals surface area contributed by atoms with Gasteiger partial charge in [-0.1, -0.05) is 23.2 Å². The SMILES string of the molecule is Cc1ccc(C(=O)N2CCN(S(=O)(=O)c3cc(Cl)sc3Cl)CC2)s1. The molecule has 0 unspecified atom stereocenters. The third-order valence-corrected chi connectivity index (χ3v) is 8.36. The number of carbonyl (C=O) groups excluding carboxylic acids is 1. The Balaban J connectivity index is 1.71. The molecular weight excluding hydrogens is 411 g/mol. The van der Waals surface area contributed by atoms with Gasteiger partial charge in [0, 0.05) is 31.1 Å². The van der Waals surface area contributed by atoms with Gasteiger partial charge in [-0.2, -0.15) is 4.31 Å². The van der Waals surface area contributed by atoms with E-state index in [2.05, 4.69) is 0 Å². The minimum atomic E-state index is -3.69. The third kappa shape index (κ3) is 3.49. The second kappa shape index (κ2) is 6.93. The topological polar surface area (TPSA) is 57.7 Å². The van der Waals surface area contributed by atoms with Crippen molar-refractivity contribution < 1.29 is 13.2 Å². The summed E-state index contributed by atoms with van der Waals surface area (Å²) in [6.45, 7) is 3.13. The van der Waals surface area contributed by atoms with Crippen LogP contribution in [0.2, 0.25) is 8.67 Å². The molecule has 0 spiro atoms. The average molecular weight is 425 g/mol. The molecule has 0 N–H and O–H groups in total. The number of nitrogens with zero attached hydrogens (tertiary/aromatic N) is 2. The van der Waals surface area contributed by atoms with E-state index in [4.69, 9.17) is 23.2 Å². The molecule has 0 atom stereocenters. The summed E-state index contributed by atoms with van der Waals surface area (Å²) < 4.78 is 27.2. The number of halogens is 2. The van der Waals surface area contributed by atoms with E-state index in [1.165, 1.54) is 21.7 Å². The largest absolute Gasteiger partial charge is 0.335 e. The minimum absolute atomic E-state index is 0.0350. The number of sulfonamides is 1. The van der Waals surface area contributed by atoms with Gasteiger partial charge in [0.1, 0.15) is 9.23 Å². The van der Waals surface area contributed by atoms with Gasteiger partial charge in [0.15, 0.2) is 0 Å². The Morgan fingerprint density at radius 3 is 2.29 bits per heavy atom. The average Bonchev–Trinajstić information content (AvgIpc) is 3.12. The smallest absolute Gasteiger partial charge is 0.264 e. The van der Waals surface area contributed by atoms with E-state index in [0.717, 1.165) is 16.2 Å². The number of rotatable bonds is 3. The van der Waals surface area contributed by atoms with Crippen LogP contribution in [-0.2, 0) is 10.0 Å². The molecule has 24 heavy (non-hydrogen) atoms. The van der Waals surface area contributed by atoms with Gasteiger partial charge >= 0.3 is 0 Å². The molecule has 130 valence electrons. The zero-order valence-electron chi connectivity index (χ0n) is 12.7. The summed E-state index contributed by atoms with van der Waals surface area (Å²) in [6, 6.07) is 5.08. The first-order valence-corrected chi connectivity index (χ1v) is 10.9. The lowest BCUT2D eigenvalue weighted by atomic mass is 10.3. The zero-order valence-corrected chi connectivity index (χ0v) is 16.6. The Bertz CT molecular complexity index is 868. The first kappa shape index (κ1) is 18.2. The lowest BCUT2D eigenvalue weighted by Crippen LogP contribution is -2.50. The van der Waals surface area contributed by atoms with Crippen LogP contribution >= 0.6 is 45.9 Å². The van der Waals surface area contributed by atoms with E-state index in [-0.39, 0.29) is 28.2 Å². The van der Waals surface area contributed by atoms with Crippen LogP contribution in [-0.4, -0.2) is 49.7 Å². The van der Waals surface area contributed by atoms with Gasteiger partial charge in [-0.25, -0.2) is 8.42 Å². The molecule has 0 aromatic carbocycles. The standard InChI is InChI=1S/C14H14Cl2N2O3S3/c1-9-2-3-10(22-9)14(19)17-4-6-18(7-5-17)24(20,21)11-8-12(15)23-13(11)16/h2-3,8H,4-7H2,1H3. The molecule has 1 fully saturated rings. The van der Waals surface area contributed by atoms with E-state index in [1.54, 1.807) is 11.0 Å². The van der Waals surface area contributed by atoms with Crippen molar-refractivity contribution in [1.29, 1.82) is 0 Å². The molecule has 0 saturated carbocycles. The Labute approximate surface area is 158 Å². The lowest BCUT2D eigenvalue weighted by molar-refractivity contribution is 0.0703. The number of piperazine rings is 1. The van der Waals surface area contributed by atoms with Gasteiger partial charge in [0.2, 0.25) is 10.0 Å². The highest BCUT2D eigenvalue weighted by Gasteiger charge is 2.33.